The van der Waals surface area contributed by atoms with E-state index in [2.05, 4.69) is 10.4 Å². The minimum absolute atomic E-state index is 0.0993. The summed E-state index contributed by atoms with van der Waals surface area (Å²) in [6.45, 7) is 2.40. The lowest BCUT2D eigenvalue weighted by molar-refractivity contribution is -0.133. The molecule has 1 fully saturated rings. The number of likely N-dealkylation sites (tertiary alicyclic amines) is 1. The second kappa shape index (κ2) is 8.61. The molecule has 2 amide bonds. The molecule has 8 nitrogen and oxygen atoms in total. The number of rotatable bonds is 6. The van der Waals surface area contributed by atoms with E-state index in [1.807, 2.05) is 39.9 Å². The van der Waals surface area contributed by atoms with Crippen LogP contribution < -0.4 is 10.1 Å². The molecule has 1 aliphatic rings. The first-order valence-electron chi connectivity index (χ1n) is 10.2. The Bertz CT molecular complexity index is 1050. The number of methoxy groups -OCH3 is 1. The summed E-state index contributed by atoms with van der Waals surface area (Å²) in [5.41, 5.74) is 1.60. The molecule has 0 unspecified atom stereocenters. The quantitative estimate of drug-likeness (QED) is 0.676. The summed E-state index contributed by atoms with van der Waals surface area (Å²) in [6, 6.07) is 7.87. The van der Waals surface area contributed by atoms with Gasteiger partial charge in [0.05, 0.1) is 18.9 Å². The lowest BCUT2D eigenvalue weighted by Gasteiger charge is -2.32. The van der Waals surface area contributed by atoms with Crippen LogP contribution in [-0.2, 0) is 18.4 Å². The summed E-state index contributed by atoms with van der Waals surface area (Å²) in [5.74, 6) is 1.22. The number of carbonyl (C=O) groups is 2. The predicted octanol–water partition coefficient (Wildman–Crippen LogP) is 2.05. The summed E-state index contributed by atoms with van der Waals surface area (Å²) in [7, 11) is 3.44. The van der Waals surface area contributed by atoms with E-state index in [-0.39, 0.29) is 11.8 Å². The van der Waals surface area contributed by atoms with Gasteiger partial charge in [0.2, 0.25) is 5.91 Å². The number of ether oxygens (including phenoxy) is 1. The van der Waals surface area contributed by atoms with Crippen molar-refractivity contribution in [1.29, 1.82) is 0 Å². The summed E-state index contributed by atoms with van der Waals surface area (Å²) in [6.07, 6.45) is 7.00. The molecular formula is C22H27N5O3. The summed E-state index contributed by atoms with van der Waals surface area (Å²) >= 11 is 0. The Morgan fingerprint density at radius 2 is 2.03 bits per heavy atom. The van der Waals surface area contributed by atoms with Crippen molar-refractivity contribution in [2.24, 2.45) is 13.0 Å². The monoisotopic (exact) mass is 409 g/mol. The molecule has 3 aromatic rings. The summed E-state index contributed by atoms with van der Waals surface area (Å²) in [4.78, 5) is 26.9. The number of piperidine rings is 1. The zero-order valence-electron chi connectivity index (χ0n) is 17.4. The van der Waals surface area contributed by atoms with Crippen LogP contribution in [0.1, 0.15) is 23.2 Å². The van der Waals surface area contributed by atoms with Crippen molar-refractivity contribution in [2.75, 3.05) is 26.7 Å². The SMILES string of the molecule is COc1ccc2c(ccn2CC(=O)N2CCC(CNC(=O)c3cnn(C)c3)CC2)c1. The van der Waals surface area contributed by atoms with Crippen LogP contribution in [0.3, 0.4) is 0 Å². The van der Waals surface area contributed by atoms with Crippen LogP contribution in [-0.4, -0.2) is 57.8 Å². The topological polar surface area (TPSA) is 81.4 Å². The molecule has 30 heavy (non-hydrogen) atoms. The van der Waals surface area contributed by atoms with Gasteiger partial charge in [-0.2, -0.15) is 5.10 Å². The number of carbonyl (C=O) groups excluding carboxylic acids is 2. The lowest BCUT2D eigenvalue weighted by atomic mass is 9.96. The molecule has 0 radical (unpaired) electrons. The maximum absolute atomic E-state index is 12.8. The van der Waals surface area contributed by atoms with E-state index >= 15 is 0 Å². The lowest BCUT2D eigenvalue weighted by Crippen LogP contribution is -2.42. The Morgan fingerprint density at radius 1 is 1.23 bits per heavy atom. The van der Waals surface area contributed by atoms with Crippen molar-refractivity contribution in [3.63, 3.8) is 0 Å². The largest absolute Gasteiger partial charge is 0.497 e. The number of aromatic nitrogens is 3. The van der Waals surface area contributed by atoms with Gasteiger partial charge >= 0.3 is 0 Å². The van der Waals surface area contributed by atoms with Crippen molar-refractivity contribution in [2.45, 2.75) is 19.4 Å². The average molecular weight is 409 g/mol. The molecule has 1 aromatic carbocycles. The van der Waals surface area contributed by atoms with Gasteiger partial charge in [-0.15, -0.1) is 0 Å². The Balaban J connectivity index is 1.27. The molecule has 0 saturated carbocycles. The molecule has 1 aliphatic heterocycles. The van der Waals surface area contributed by atoms with E-state index in [1.165, 1.54) is 0 Å². The fraction of sp³-hybridized carbons (Fsp3) is 0.409. The van der Waals surface area contributed by atoms with E-state index in [4.69, 9.17) is 4.74 Å². The van der Waals surface area contributed by atoms with Crippen LogP contribution in [0.25, 0.3) is 10.9 Å². The molecule has 1 saturated heterocycles. The summed E-state index contributed by atoms with van der Waals surface area (Å²) < 4.78 is 8.86. The van der Waals surface area contributed by atoms with Crippen LogP contribution in [0.2, 0.25) is 0 Å². The number of aryl methyl sites for hydroxylation is 1. The number of amides is 2. The first-order valence-corrected chi connectivity index (χ1v) is 10.2. The molecule has 8 heteroatoms. The van der Waals surface area contributed by atoms with Crippen LogP contribution >= 0.6 is 0 Å². The third-order valence-corrected chi connectivity index (χ3v) is 5.77. The highest BCUT2D eigenvalue weighted by atomic mass is 16.5. The highest BCUT2D eigenvalue weighted by Crippen LogP contribution is 2.22. The normalized spacial score (nSPS) is 14.8. The first kappa shape index (κ1) is 20.0. The maximum Gasteiger partial charge on any atom is 0.254 e. The molecular weight excluding hydrogens is 382 g/mol. The fourth-order valence-electron chi connectivity index (χ4n) is 3.95. The van der Waals surface area contributed by atoms with Gasteiger partial charge in [0.1, 0.15) is 12.3 Å². The van der Waals surface area contributed by atoms with Gasteiger partial charge in [-0.05, 0) is 43.0 Å². The molecule has 3 heterocycles. The zero-order valence-corrected chi connectivity index (χ0v) is 17.4. The molecule has 0 spiro atoms. The highest BCUT2D eigenvalue weighted by Gasteiger charge is 2.23. The van der Waals surface area contributed by atoms with Gasteiger partial charge in [-0.1, -0.05) is 0 Å². The Hall–Kier alpha value is -3.29. The second-order valence-corrected chi connectivity index (χ2v) is 7.81. The minimum Gasteiger partial charge on any atom is -0.497 e. The Kier molecular flexibility index (Phi) is 5.74. The Morgan fingerprint density at radius 3 is 2.73 bits per heavy atom. The summed E-state index contributed by atoms with van der Waals surface area (Å²) in [5, 5.41) is 8.07. The zero-order chi connectivity index (χ0) is 21.1. The minimum atomic E-state index is -0.0993. The third kappa shape index (κ3) is 4.32. The van der Waals surface area contributed by atoms with Gasteiger partial charge in [0.15, 0.2) is 0 Å². The van der Waals surface area contributed by atoms with Crippen LogP contribution in [0, 0.1) is 5.92 Å². The van der Waals surface area contributed by atoms with E-state index in [0.29, 0.717) is 24.6 Å². The van der Waals surface area contributed by atoms with E-state index in [1.54, 1.807) is 31.2 Å². The van der Waals surface area contributed by atoms with Crippen LogP contribution in [0.4, 0.5) is 0 Å². The van der Waals surface area contributed by atoms with E-state index in [9.17, 15) is 9.59 Å². The van der Waals surface area contributed by atoms with E-state index < -0.39 is 0 Å². The smallest absolute Gasteiger partial charge is 0.254 e. The highest BCUT2D eigenvalue weighted by molar-refractivity contribution is 5.93. The second-order valence-electron chi connectivity index (χ2n) is 7.81. The van der Waals surface area contributed by atoms with Crippen LogP contribution in [0.5, 0.6) is 5.75 Å². The standard InChI is InChI=1S/C22H27N5O3/c1-25-14-18(13-24-25)22(29)23-12-16-5-8-26(9-6-16)21(28)15-27-10-7-17-11-19(30-2)3-4-20(17)27/h3-4,7,10-11,13-14,16H,5-6,8-9,12,15H2,1-2H3,(H,23,29). The van der Waals surface area contributed by atoms with Gasteiger partial charge in [0.25, 0.3) is 5.91 Å². The Labute approximate surface area is 175 Å². The molecule has 0 bridgehead atoms. The molecule has 4 rings (SSSR count). The predicted molar refractivity (Wildman–Crippen MR) is 113 cm³/mol. The van der Waals surface area contributed by atoms with Gasteiger partial charge in [-0.3, -0.25) is 14.3 Å². The van der Waals surface area contributed by atoms with Crippen LogP contribution in [0.15, 0.2) is 42.9 Å². The van der Waals surface area contributed by atoms with Gasteiger partial charge < -0.3 is 19.5 Å². The number of benzene rings is 1. The van der Waals surface area contributed by atoms with Crippen molar-refractivity contribution < 1.29 is 14.3 Å². The molecule has 2 aromatic heterocycles. The van der Waals surface area contributed by atoms with Crippen molar-refractivity contribution in [1.82, 2.24) is 24.6 Å². The molecule has 158 valence electrons. The maximum atomic E-state index is 12.8. The van der Waals surface area contributed by atoms with Crippen molar-refractivity contribution in [3.05, 3.63) is 48.4 Å². The van der Waals surface area contributed by atoms with E-state index in [0.717, 1.165) is 42.6 Å². The number of nitrogens with zero attached hydrogens (tertiary/aromatic N) is 4. The molecule has 1 N–H and O–H groups in total. The molecule has 0 aliphatic carbocycles. The van der Waals surface area contributed by atoms with Gasteiger partial charge in [0, 0.05) is 50.0 Å². The third-order valence-electron chi connectivity index (χ3n) is 5.77. The van der Waals surface area contributed by atoms with Gasteiger partial charge in [-0.25, -0.2) is 0 Å². The van der Waals surface area contributed by atoms with Crippen molar-refractivity contribution in [3.8, 4) is 5.75 Å². The fourth-order valence-corrected chi connectivity index (χ4v) is 3.95. The number of fused-ring (bicyclic) bond motifs is 1. The number of hydrogen-bond donors (Lipinski definition) is 1. The molecule has 0 atom stereocenters. The number of hydrogen-bond acceptors (Lipinski definition) is 4. The number of nitrogens with one attached hydrogen (secondary N) is 1. The van der Waals surface area contributed by atoms with Crippen molar-refractivity contribution >= 4 is 22.7 Å². The first-order chi connectivity index (χ1) is 14.5. The average Bonchev–Trinajstić information content (AvgIpc) is 3.38.